The number of hydrogen-bond donors (Lipinski definition) is 2. The molecule has 1 saturated heterocycles. The van der Waals surface area contributed by atoms with Crippen molar-refractivity contribution in [3.63, 3.8) is 0 Å². The number of carbonyl (C=O) groups excluding carboxylic acids is 3. The van der Waals surface area contributed by atoms with Crippen molar-refractivity contribution in [2.45, 2.75) is 45.4 Å². The summed E-state index contributed by atoms with van der Waals surface area (Å²) in [5, 5.41) is 5.48. The quantitative estimate of drug-likeness (QED) is 0.583. The van der Waals surface area contributed by atoms with Gasteiger partial charge in [-0.25, -0.2) is 4.79 Å². The first-order chi connectivity index (χ1) is 16.8. The Bertz CT molecular complexity index is 1210. The minimum Gasteiger partial charge on any atom is -0.494 e. The van der Waals surface area contributed by atoms with Gasteiger partial charge in [-0.1, -0.05) is 6.07 Å². The number of carbonyl (C=O) groups is 3. The molecule has 3 heterocycles. The van der Waals surface area contributed by atoms with Crippen LogP contribution in [0.5, 0.6) is 23.0 Å². The molecule has 2 aromatic rings. The van der Waals surface area contributed by atoms with Crippen molar-refractivity contribution in [2.24, 2.45) is 0 Å². The van der Waals surface area contributed by atoms with Crippen molar-refractivity contribution in [2.75, 3.05) is 19.9 Å². The third-order valence-electron chi connectivity index (χ3n) is 6.38. The summed E-state index contributed by atoms with van der Waals surface area (Å²) in [6.07, 6.45) is 0.888. The van der Waals surface area contributed by atoms with Gasteiger partial charge in [0.05, 0.1) is 6.61 Å². The van der Waals surface area contributed by atoms with E-state index in [0.717, 1.165) is 28.2 Å². The van der Waals surface area contributed by atoms with E-state index in [1.54, 1.807) is 25.1 Å². The second-order valence-electron chi connectivity index (χ2n) is 8.92. The molecule has 2 N–H and O–H groups in total. The average Bonchev–Trinajstić information content (AvgIpc) is 3.49. The molecule has 3 aliphatic rings. The lowest BCUT2D eigenvalue weighted by Crippen LogP contribution is -2.43. The number of rotatable bonds is 7. The van der Waals surface area contributed by atoms with Crippen molar-refractivity contribution < 1.29 is 33.3 Å². The summed E-state index contributed by atoms with van der Waals surface area (Å²) in [6, 6.07) is 8.22. The van der Waals surface area contributed by atoms with Gasteiger partial charge in [0, 0.05) is 24.1 Å². The van der Waals surface area contributed by atoms with E-state index in [4.69, 9.17) is 18.9 Å². The number of nitrogens with zero attached hydrogens (tertiary/aromatic N) is 1. The summed E-state index contributed by atoms with van der Waals surface area (Å²) in [5.74, 6) is 1.53. The van der Waals surface area contributed by atoms with Gasteiger partial charge in [-0.3, -0.25) is 14.5 Å². The molecule has 184 valence electrons. The van der Waals surface area contributed by atoms with Gasteiger partial charge in [0.25, 0.3) is 5.91 Å². The molecule has 5 rings (SSSR count). The molecule has 1 fully saturated rings. The number of urea groups is 1. The van der Waals surface area contributed by atoms with E-state index in [2.05, 4.69) is 10.6 Å². The maximum absolute atomic E-state index is 13.2. The highest BCUT2D eigenvalue weighted by Crippen LogP contribution is 2.38. The Morgan fingerprint density at radius 1 is 1.20 bits per heavy atom. The minimum atomic E-state index is -1.32. The van der Waals surface area contributed by atoms with Crippen LogP contribution in [0, 0.1) is 0 Å². The van der Waals surface area contributed by atoms with Gasteiger partial charge in [0.15, 0.2) is 11.5 Å². The van der Waals surface area contributed by atoms with Crippen molar-refractivity contribution >= 4 is 17.8 Å². The van der Waals surface area contributed by atoms with E-state index in [1.807, 2.05) is 26.0 Å². The van der Waals surface area contributed by atoms with Crippen molar-refractivity contribution in [3.8, 4) is 23.0 Å². The summed E-state index contributed by atoms with van der Waals surface area (Å²) in [4.78, 5) is 39.5. The molecular weight excluding hydrogens is 454 g/mol. The first-order valence-corrected chi connectivity index (χ1v) is 11.5. The van der Waals surface area contributed by atoms with Gasteiger partial charge in [-0.15, -0.1) is 0 Å². The van der Waals surface area contributed by atoms with E-state index in [9.17, 15) is 14.4 Å². The molecule has 0 bridgehead atoms. The topological polar surface area (TPSA) is 115 Å². The summed E-state index contributed by atoms with van der Waals surface area (Å²) in [7, 11) is 0. The molecule has 2 atom stereocenters. The minimum absolute atomic E-state index is 0.0862. The molecule has 0 aliphatic carbocycles. The van der Waals surface area contributed by atoms with Gasteiger partial charge in [0.1, 0.15) is 29.7 Å². The number of ether oxygens (including phenoxy) is 4. The number of benzene rings is 2. The van der Waals surface area contributed by atoms with Crippen molar-refractivity contribution in [3.05, 3.63) is 47.0 Å². The number of amides is 4. The predicted octanol–water partition coefficient (Wildman–Crippen LogP) is 2.22. The van der Waals surface area contributed by atoms with Crippen molar-refractivity contribution in [1.82, 2.24) is 15.5 Å². The van der Waals surface area contributed by atoms with Gasteiger partial charge < -0.3 is 29.6 Å². The van der Waals surface area contributed by atoms with E-state index in [0.29, 0.717) is 29.4 Å². The van der Waals surface area contributed by atoms with Crippen LogP contribution in [0.15, 0.2) is 30.3 Å². The standard InChI is InChI=1S/C25H27N3O7/c1-4-32-19-8-15-7-14(2)35-20(15)9-16(19)11-26-22(29)12-28-23(30)25(3,27-24(28)31)17-5-6-18-21(10-17)34-13-33-18/h5-6,8-10,14H,4,7,11-13H2,1-3H3,(H,26,29)(H,27,31)/t14-,25+/m1/s1. The molecule has 2 aromatic carbocycles. The lowest BCUT2D eigenvalue weighted by molar-refractivity contribution is -0.134. The van der Waals surface area contributed by atoms with Crippen LogP contribution in [-0.4, -0.2) is 48.8 Å². The average molecular weight is 482 g/mol. The summed E-state index contributed by atoms with van der Waals surface area (Å²) in [5.41, 5.74) is 1.04. The maximum Gasteiger partial charge on any atom is 0.325 e. The zero-order chi connectivity index (χ0) is 24.7. The summed E-state index contributed by atoms with van der Waals surface area (Å²) in [6.45, 7) is 5.83. The lowest BCUT2D eigenvalue weighted by Gasteiger charge is -2.22. The zero-order valence-corrected chi connectivity index (χ0v) is 19.8. The van der Waals surface area contributed by atoms with E-state index < -0.39 is 29.9 Å². The number of imide groups is 1. The molecule has 0 saturated carbocycles. The Labute approximate surface area is 202 Å². The second kappa shape index (κ2) is 8.68. The van der Waals surface area contributed by atoms with Crippen LogP contribution in [0.2, 0.25) is 0 Å². The fourth-order valence-electron chi connectivity index (χ4n) is 4.55. The Hall–Kier alpha value is -3.95. The van der Waals surface area contributed by atoms with Gasteiger partial charge in [-0.2, -0.15) is 0 Å². The first kappa shape index (κ1) is 22.8. The van der Waals surface area contributed by atoms with E-state index in [-0.39, 0.29) is 19.4 Å². The van der Waals surface area contributed by atoms with Crippen molar-refractivity contribution in [1.29, 1.82) is 0 Å². The molecule has 4 amide bonds. The number of nitrogens with one attached hydrogen (secondary N) is 2. The molecule has 3 aliphatic heterocycles. The fraction of sp³-hybridized carbons (Fsp3) is 0.400. The molecule has 10 heteroatoms. The SMILES string of the molecule is CCOc1cc2c(cc1CNC(=O)CN1C(=O)N[C@@](C)(c3ccc4c(c3)OCO4)C1=O)O[C@H](C)C2. The Balaban J connectivity index is 1.26. The Kier molecular flexibility index (Phi) is 5.66. The second-order valence-corrected chi connectivity index (χ2v) is 8.92. The maximum atomic E-state index is 13.2. The van der Waals surface area contributed by atoms with Crippen LogP contribution in [0.3, 0.4) is 0 Å². The summed E-state index contributed by atoms with van der Waals surface area (Å²) >= 11 is 0. The van der Waals surface area contributed by atoms with Crippen LogP contribution >= 0.6 is 0 Å². The predicted molar refractivity (Wildman–Crippen MR) is 123 cm³/mol. The van der Waals surface area contributed by atoms with Crippen LogP contribution in [-0.2, 0) is 28.1 Å². The smallest absolute Gasteiger partial charge is 0.325 e. The fourth-order valence-corrected chi connectivity index (χ4v) is 4.55. The van der Waals surface area contributed by atoms with Crippen LogP contribution in [0.4, 0.5) is 4.79 Å². The Morgan fingerprint density at radius 3 is 2.80 bits per heavy atom. The first-order valence-electron chi connectivity index (χ1n) is 11.5. The molecule has 0 aromatic heterocycles. The molecule has 35 heavy (non-hydrogen) atoms. The van der Waals surface area contributed by atoms with Gasteiger partial charge in [0.2, 0.25) is 12.7 Å². The third kappa shape index (κ3) is 4.09. The van der Waals surface area contributed by atoms with E-state index in [1.165, 1.54) is 0 Å². The monoisotopic (exact) mass is 481 g/mol. The Morgan fingerprint density at radius 2 is 2.00 bits per heavy atom. The molecule has 0 spiro atoms. The highest BCUT2D eigenvalue weighted by atomic mass is 16.7. The largest absolute Gasteiger partial charge is 0.494 e. The number of fused-ring (bicyclic) bond motifs is 2. The lowest BCUT2D eigenvalue weighted by atomic mass is 9.91. The van der Waals surface area contributed by atoms with Crippen LogP contribution in [0.1, 0.15) is 37.5 Å². The number of hydrogen-bond acceptors (Lipinski definition) is 7. The zero-order valence-electron chi connectivity index (χ0n) is 19.8. The third-order valence-corrected chi connectivity index (χ3v) is 6.38. The van der Waals surface area contributed by atoms with Crippen LogP contribution in [0.25, 0.3) is 0 Å². The molecular formula is C25H27N3O7. The summed E-state index contributed by atoms with van der Waals surface area (Å²) < 4.78 is 22.3. The van der Waals surface area contributed by atoms with Gasteiger partial charge in [-0.05, 0) is 50.6 Å². The highest BCUT2D eigenvalue weighted by molar-refractivity contribution is 6.09. The molecule has 0 radical (unpaired) electrons. The molecule has 0 unspecified atom stereocenters. The van der Waals surface area contributed by atoms with E-state index >= 15 is 0 Å². The highest BCUT2D eigenvalue weighted by Gasteiger charge is 2.49. The molecule has 10 nitrogen and oxygen atoms in total. The normalized spacial score (nSPS) is 22.0. The van der Waals surface area contributed by atoms with Crippen LogP contribution < -0.4 is 29.6 Å². The van der Waals surface area contributed by atoms with Gasteiger partial charge >= 0.3 is 6.03 Å².